The van der Waals surface area contributed by atoms with Gasteiger partial charge in [-0.05, 0) is 47.0 Å². The first kappa shape index (κ1) is 16.4. The van der Waals surface area contributed by atoms with E-state index in [1.165, 1.54) is 6.42 Å². The maximum Gasteiger partial charge on any atom is 0.0518 e. The molecule has 0 bridgehead atoms. The summed E-state index contributed by atoms with van der Waals surface area (Å²) in [5.41, 5.74) is 0. The van der Waals surface area contributed by atoms with Crippen LogP contribution in [0.15, 0.2) is 0 Å². The highest BCUT2D eigenvalue weighted by Gasteiger charge is 1.95. The highest BCUT2D eigenvalue weighted by molar-refractivity contribution is 4.44. The Morgan fingerprint density at radius 1 is 0.714 bits per heavy atom. The summed E-state index contributed by atoms with van der Waals surface area (Å²) >= 11 is 0. The largest absolute Gasteiger partial charge is 0.379 e. The van der Waals surface area contributed by atoms with Crippen LogP contribution in [0.2, 0.25) is 0 Å². The molecule has 0 aromatic rings. The average molecular weight is 204 g/mol. The molecule has 0 spiro atoms. The van der Waals surface area contributed by atoms with Gasteiger partial charge in [-0.2, -0.15) is 0 Å². The minimum Gasteiger partial charge on any atom is -0.379 e. The van der Waals surface area contributed by atoms with Crippen molar-refractivity contribution in [2.45, 2.75) is 66.6 Å². The average Bonchev–Trinajstić information content (AvgIpc) is 2.01. The van der Waals surface area contributed by atoms with Gasteiger partial charge in [-0.3, -0.25) is 0 Å². The first-order valence-electron chi connectivity index (χ1n) is 5.36. The van der Waals surface area contributed by atoms with Crippen molar-refractivity contribution in [1.29, 1.82) is 0 Å². The van der Waals surface area contributed by atoms with Crippen molar-refractivity contribution in [1.82, 2.24) is 0 Å². The van der Waals surface area contributed by atoms with Gasteiger partial charge < -0.3 is 9.47 Å². The predicted octanol–water partition coefficient (Wildman–Crippen LogP) is 3.64. The van der Waals surface area contributed by atoms with Crippen LogP contribution in [0, 0.1) is 0 Å². The Kier molecular flexibility index (Phi) is 12.8. The van der Waals surface area contributed by atoms with Crippen molar-refractivity contribution in [2.24, 2.45) is 0 Å². The summed E-state index contributed by atoms with van der Waals surface area (Å²) in [4.78, 5) is 0. The number of hydrogen-bond donors (Lipinski definition) is 0. The van der Waals surface area contributed by atoms with Crippen LogP contribution in [-0.2, 0) is 9.47 Å². The summed E-state index contributed by atoms with van der Waals surface area (Å²) in [6.07, 6.45) is 4.25. The lowest BCUT2D eigenvalue weighted by Crippen LogP contribution is -2.06. The topological polar surface area (TPSA) is 18.5 Å². The molecule has 0 radical (unpaired) electrons. The van der Waals surface area contributed by atoms with Crippen LogP contribution in [0.1, 0.15) is 54.4 Å². The molecule has 2 nitrogen and oxygen atoms in total. The minimum atomic E-state index is 0. The van der Waals surface area contributed by atoms with E-state index in [4.69, 9.17) is 9.47 Å². The molecule has 0 rings (SSSR count). The number of unbranched alkanes of at least 4 members (excludes halogenated alkanes) is 2. The minimum absolute atomic E-state index is 0. The highest BCUT2D eigenvalue weighted by Crippen LogP contribution is 1.99. The molecule has 0 unspecified atom stereocenters. The second-order valence-electron chi connectivity index (χ2n) is 3.90. The molecule has 0 aliphatic carbocycles. The molecule has 2 heteroatoms. The van der Waals surface area contributed by atoms with Crippen LogP contribution in [0.25, 0.3) is 0 Å². The van der Waals surface area contributed by atoms with Crippen molar-refractivity contribution in [3.8, 4) is 0 Å². The number of ether oxygens (including phenoxy) is 2. The van der Waals surface area contributed by atoms with Crippen LogP contribution in [-0.4, -0.2) is 25.4 Å². The maximum absolute atomic E-state index is 5.43. The Labute approximate surface area is 90.0 Å². The molecule has 0 heterocycles. The molecular weight excluding hydrogens is 176 g/mol. The van der Waals surface area contributed by atoms with E-state index in [9.17, 15) is 0 Å². The zero-order valence-corrected chi connectivity index (χ0v) is 9.51. The smallest absolute Gasteiger partial charge is 0.0518 e. The molecule has 88 valence electrons. The molecule has 0 N–H and O–H groups in total. The number of hydrogen-bond acceptors (Lipinski definition) is 2. The van der Waals surface area contributed by atoms with Crippen molar-refractivity contribution in [3.63, 3.8) is 0 Å². The molecule has 0 saturated carbocycles. The van der Waals surface area contributed by atoms with Gasteiger partial charge in [0.25, 0.3) is 0 Å². The van der Waals surface area contributed by atoms with Crippen LogP contribution >= 0.6 is 0 Å². The molecule has 0 aromatic heterocycles. The first-order chi connectivity index (χ1) is 6.13. The summed E-state index contributed by atoms with van der Waals surface area (Å²) in [6, 6.07) is 0. The fourth-order valence-electron chi connectivity index (χ4n) is 1.02. The van der Waals surface area contributed by atoms with E-state index in [1.807, 2.05) is 0 Å². The van der Waals surface area contributed by atoms with Crippen molar-refractivity contribution < 1.29 is 9.47 Å². The monoisotopic (exact) mass is 204 g/mol. The van der Waals surface area contributed by atoms with Crippen molar-refractivity contribution in [3.05, 3.63) is 0 Å². The van der Waals surface area contributed by atoms with E-state index in [0.717, 1.165) is 26.1 Å². The van der Waals surface area contributed by atoms with Gasteiger partial charge in [-0.1, -0.05) is 7.43 Å². The summed E-state index contributed by atoms with van der Waals surface area (Å²) < 4.78 is 10.9. The van der Waals surface area contributed by atoms with Crippen LogP contribution in [0.3, 0.4) is 0 Å². The fraction of sp³-hybridized carbons (Fsp3) is 1.00. The van der Waals surface area contributed by atoms with Gasteiger partial charge in [0.05, 0.1) is 12.2 Å². The lowest BCUT2D eigenvalue weighted by molar-refractivity contribution is 0.0633. The normalized spacial score (nSPS) is 10.7. The molecular formula is C12H28O2. The third kappa shape index (κ3) is 14.4. The quantitative estimate of drug-likeness (QED) is 0.562. The summed E-state index contributed by atoms with van der Waals surface area (Å²) in [5, 5.41) is 0. The van der Waals surface area contributed by atoms with E-state index >= 15 is 0 Å². The van der Waals surface area contributed by atoms with Gasteiger partial charge in [0.15, 0.2) is 0 Å². The predicted molar refractivity (Wildman–Crippen MR) is 62.8 cm³/mol. The second-order valence-corrected chi connectivity index (χ2v) is 3.90. The zero-order chi connectivity index (χ0) is 10.1. The first-order valence-corrected chi connectivity index (χ1v) is 5.36. The van der Waals surface area contributed by atoms with Crippen molar-refractivity contribution >= 4 is 0 Å². The Morgan fingerprint density at radius 3 is 1.36 bits per heavy atom. The summed E-state index contributed by atoms with van der Waals surface area (Å²) in [6.45, 7) is 10.1. The molecule has 14 heavy (non-hydrogen) atoms. The highest BCUT2D eigenvalue weighted by atomic mass is 16.5. The van der Waals surface area contributed by atoms with E-state index in [-0.39, 0.29) is 7.43 Å². The van der Waals surface area contributed by atoms with Crippen LogP contribution in [0.5, 0.6) is 0 Å². The van der Waals surface area contributed by atoms with E-state index in [2.05, 4.69) is 27.7 Å². The van der Waals surface area contributed by atoms with Gasteiger partial charge in [-0.25, -0.2) is 0 Å². The SMILES string of the molecule is C.CC(C)OCCCCCOC(C)C. The Bertz CT molecular complexity index is 88.5. The summed E-state index contributed by atoms with van der Waals surface area (Å²) in [7, 11) is 0. The maximum atomic E-state index is 5.43. The van der Waals surface area contributed by atoms with Gasteiger partial charge in [-0.15, -0.1) is 0 Å². The second kappa shape index (κ2) is 11.0. The molecule has 0 aliphatic rings. The van der Waals surface area contributed by atoms with Crippen molar-refractivity contribution in [2.75, 3.05) is 13.2 Å². The van der Waals surface area contributed by atoms with Crippen LogP contribution in [0.4, 0.5) is 0 Å². The fourth-order valence-corrected chi connectivity index (χ4v) is 1.02. The molecule has 0 aromatic carbocycles. The standard InChI is InChI=1S/C11H24O2.CH4/c1-10(2)12-8-6-5-7-9-13-11(3)4;/h10-11H,5-9H2,1-4H3;1H4. The molecule has 0 fully saturated rings. The van der Waals surface area contributed by atoms with E-state index < -0.39 is 0 Å². The van der Waals surface area contributed by atoms with Gasteiger partial charge >= 0.3 is 0 Å². The third-order valence-corrected chi connectivity index (χ3v) is 1.69. The lowest BCUT2D eigenvalue weighted by atomic mass is 10.2. The molecule has 0 saturated heterocycles. The molecule has 0 aliphatic heterocycles. The van der Waals surface area contributed by atoms with E-state index in [1.54, 1.807) is 0 Å². The van der Waals surface area contributed by atoms with Gasteiger partial charge in [0.1, 0.15) is 0 Å². The molecule has 0 amide bonds. The zero-order valence-electron chi connectivity index (χ0n) is 9.51. The van der Waals surface area contributed by atoms with E-state index in [0.29, 0.717) is 12.2 Å². The van der Waals surface area contributed by atoms with Gasteiger partial charge in [0.2, 0.25) is 0 Å². The number of rotatable bonds is 8. The third-order valence-electron chi connectivity index (χ3n) is 1.69. The van der Waals surface area contributed by atoms with Gasteiger partial charge in [0, 0.05) is 13.2 Å². The lowest BCUT2D eigenvalue weighted by Gasteiger charge is -2.08. The Hall–Kier alpha value is -0.0800. The Morgan fingerprint density at radius 2 is 1.07 bits per heavy atom. The van der Waals surface area contributed by atoms with Crippen LogP contribution < -0.4 is 0 Å². The summed E-state index contributed by atoms with van der Waals surface area (Å²) in [5.74, 6) is 0. The Balaban J connectivity index is 0. The molecule has 0 atom stereocenters.